The van der Waals surface area contributed by atoms with E-state index in [0.717, 1.165) is 5.82 Å². The number of nitrogens with zero attached hydrogens (tertiary/aromatic N) is 2. The van der Waals surface area contributed by atoms with Gasteiger partial charge in [-0.3, -0.25) is 0 Å². The van der Waals surface area contributed by atoms with Crippen molar-refractivity contribution >= 4 is 29.8 Å². The Kier molecular flexibility index (Phi) is 7.06. The zero-order chi connectivity index (χ0) is 16.3. The van der Waals surface area contributed by atoms with Crippen LogP contribution < -0.4 is 15.4 Å². The van der Waals surface area contributed by atoms with E-state index in [-0.39, 0.29) is 23.2 Å². The van der Waals surface area contributed by atoms with Crippen molar-refractivity contribution in [2.45, 2.75) is 19.4 Å². The lowest BCUT2D eigenvalue weighted by atomic mass is 10.0. The van der Waals surface area contributed by atoms with Crippen LogP contribution in [0.4, 0.5) is 10.2 Å². The van der Waals surface area contributed by atoms with Crippen molar-refractivity contribution in [3.63, 3.8) is 0 Å². The minimum absolute atomic E-state index is 0. The van der Waals surface area contributed by atoms with Crippen molar-refractivity contribution in [1.82, 2.24) is 4.98 Å². The second kappa shape index (κ2) is 8.34. The Balaban J connectivity index is 0.00000264. The molecule has 0 fully saturated rings. The summed E-state index contributed by atoms with van der Waals surface area (Å²) >= 11 is 6.05. The lowest BCUT2D eigenvalue weighted by Crippen LogP contribution is -2.11. The first kappa shape index (κ1) is 19.5. The Hall–Kier alpha value is -1.56. The fraction of sp³-hybridized carbons (Fsp3) is 0.312. The molecule has 126 valence electrons. The normalized spacial score (nSPS) is 11.6. The van der Waals surface area contributed by atoms with Gasteiger partial charge in [0, 0.05) is 25.7 Å². The Bertz CT molecular complexity index is 651. The van der Waals surface area contributed by atoms with E-state index in [2.05, 4.69) is 4.98 Å². The van der Waals surface area contributed by atoms with Gasteiger partial charge in [-0.15, -0.1) is 12.4 Å². The van der Waals surface area contributed by atoms with Crippen LogP contribution in [0, 0.1) is 5.82 Å². The van der Waals surface area contributed by atoms with E-state index < -0.39 is 11.9 Å². The third kappa shape index (κ3) is 4.47. The second-order valence-corrected chi connectivity index (χ2v) is 5.55. The number of pyridine rings is 1. The molecule has 1 aromatic carbocycles. The van der Waals surface area contributed by atoms with Crippen LogP contribution in [0.3, 0.4) is 0 Å². The van der Waals surface area contributed by atoms with Crippen molar-refractivity contribution in [3.8, 4) is 11.5 Å². The first-order chi connectivity index (χ1) is 10.4. The molecule has 7 heteroatoms. The molecule has 0 aliphatic carbocycles. The Labute approximate surface area is 146 Å². The lowest BCUT2D eigenvalue weighted by molar-refractivity contribution is 0.433. The molecule has 0 unspecified atom stereocenters. The number of halogens is 3. The second-order valence-electron chi connectivity index (χ2n) is 5.14. The summed E-state index contributed by atoms with van der Waals surface area (Å²) in [5.74, 6) is 0.635. The Morgan fingerprint density at radius 2 is 2.00 bits per heavy atom. The van der Waals surface area contributed by atoms with Gasteiger partial charge in [-0.05, 0) is 24.6 Å². The lowest BCUT2D eigenvalue weighted by Gasteiger charge is -2.16. The summed E-state index contributed by atoms with van der Waals surface area (Å²) in [5, 5.41) is 0.196. The minimum atomic E-state index is -0.529. The molecule has 0 spiro atoms. The van der Waals surface area contributed by atoms with Gasteiger partial charge in [-0.2, -0.15) is 0 Å². The van der Waals surface area contributed by atoms with Gasteiger partial charge < -0.3 is 15.4 Å². The quantitative estimate of drug-likeness (QED) is 0.849. The standard InChI is InChI=1S/C16H19ClFN3O.ClH/c1-4-13(19)11-6-7-12(17)16(15(11)18)22-10-5-8-14(20-9-10)21(2)3;/h5-9,13H,4,19H2,1-3H3;1H/t13-;/m1./s1. The molecule has 0 saturated carbocycles. The first-order valence-corrected chi connectivity index (χ1v) is 7.36. The van der Waals surface area contributed by atoms with E-state index in [9.17, 15) is 4.39 Å². The molecule has 1 heterocycles. The van der Waals surface area contributed by atoms with Crippen LogP contribution in [-0.4, -0.2) is 19.1 Å². The van der Waals surface area contributed by atoms with E-state index in [0.29, 0.717) is 17.7 Å². The molecule has 1 atom stereocenters. The number of nitrogens with two attached hydrogens (primary N) is 1. The van der Waals surface area contributed by atoms with E-state index in [4.69, 9.17) is 22.1 Å². The molecule has 0 saturated heterocycles. The molecule has 0 amide bonds. The summed E-state index contributed by atoms with van der Waals surface area (Å²) in [6.07, 6.45) is 2.15. The summed E-state index contributed by atoms with van der Waals surface area (Å²) < 4.78 is 20.1. The van der Waals surface area contributed by atoms with E-state index >= 15 is 0 Å². The van der Waals surface area contributed by atoms with Crippen molar-refractivity contribution in [2.24, 2.45) is 5.73 Å². The van der Waals surface area contributed by atoms with Crippen molar-refractivity contribution in [2.75, 3.05) is 19.0 Å². The van der Waals surface area contributed by atoms with E-state index in [1.54, 1.807) is 24.3 Å². The molecule has 2 aromatic rings. The van der Waals surface area contributed by atoms with Crippen LogP contribution in [0.2, 0.25) is 5.02 Å². The highest BCUT2D eigenvalue weighted by molar-refractivity contribution is 6.32. The van der Waals surface area contributed by atoms with Crippen LogP contribution in [0.1, 0.15) is 24.9 Å². The smallest absolute Gasteiger partial charge is 0.182 e. The molecule has 0 bridgehead atoms. The number of rotatable bonds is 5. The van der Waals surface area contributed by atoms with E-state index in [1.165, 1.54) is 6.20 Å². The van der Waals surface area contributed by atoms with Crippen molar-refractivity contribution in [3.05, 3.63) is 46.9 Å². The van der Waals surface area contributed by atoms with Crippen LogP contribution in [0.25, 0.3) is 0 Å². The third-order valence-corrected chi connectivity index (χ3v) is 3.61. The number of ether oxygens (including phenoxy) is 1. The summed E-state index contributed by atoms with van der Waals surface area (Å²) in [5.41, 5.74) is 6.29. The van der Waals surface area contributed by atoms with Gasteiger partial charge in [0.2, 0.25) is 0 Å². The van der Waals surface area contributed by atoms with Crippen molar-refractivity contribution in [1.29, 1.82) is 0 Å². The maximum atomic E-state index is 14.5. The van der Waals surface area contributed by atoms with Gasteiger partial charge in [0.15, 0.2) is 11.6 Å². The summed E-state index contributed by atoms with van der Waals surface area (Å²) in [7, 11) is 3.77. The van der Waals surface area contributed by atoms with Crippen LogP contribution in [0.5, 0.6) is 11.5 Å². The monoisotopic (exact) mass is 359 g/mol. The summed E-state index contributed by atoms with van der Waals surface area (Å²) in [6.45, 7) is 1.89. The van der Waals surface area contributed by atoms with Crippen LogP contribution in [-0.2, 0) is 0 Å². The highest BCUT2D eigenvalue weighted by Crippen LogP contribution is 2.36. The molecular formula is C16H20Cl2FN3O. The average Bonchev–Trinajstić information content (AvgIpc) is 2.51. The van der Waals surface area contributed by atoms with Crippen LogP contribution >= 0.6 is 24.0 Å². The largest absolute Gasteiger partial charge is 0.451 e. The Morgan fingerprint density at radius 1 is 1.30 bits per heavy atom. The maximum Gasteiger partial charge on any atom is 0.182 e. The van der Waals surface area contributed by atoms with Gasteiger partial charge in [-0.1, -0.05) is 24.6 Å². The number of anilines is 1. The van der Waals surface area contributed by atoms with Gasteiger partial charge in [0.25, 0.3) is 0 Å². The maximum absolute atomic E-state index is 14.5. The molecule has 1 aromatic heterocycles. The van der Waals surface area contributed by atoms with Gasteiger partial charge in [-0.25, -0.2) is 9.37 Å². The fourth-order valence-electron chi connectivity index (χ4n) is 1.96. The number of hydrogen-bond donors (Lipinski definition) is 1. The van der Waals surface area contributed by atoms with Gasteiger partial charge >= 0.3 is 0 Å². The van der Waals surface area contributed by atoms with Gasteiger partial charge in [0.05, 0.1) is 11.2 Å². The molecular weight excluding hydrogens is 340 g/mol. The number of benzene rings is 1. The molecule has 0 aliphatic rings. The highest BCUT2D eigenvalue weighted by atomic mass is 35.5. The van der Waals surface area contributed by atoms with Gasteiger partial charge in [0.1, 0.15) is 11.6 Å². The molecule has 0 aliphatic heterocycles. The summed E-state index contributed by atoms with van der Waals surface area (Å²) in [4.78, 5) is 6.08. The SMILES string of the molecule is CC[C@@H](N)c1ccc(Cl)c(Oc2ccc(N(C)C)nc2)c1F.Cl. The molecule has 4 nitrogen and oxygen atoms in total. The molecule has 0 radical (unpaired) electrons. The Morgan fingerprint density at radius 3 is 2.52 bits per heavy atom. The zero-order valence-corrected chi connectivity index (χ0v) is 14.8. The number of aromatic nitrogens is 1. The summed E-state index contributed by atoms with van der Waals surface area (Å²) in [6, 6.07) is 6.28. The number of hydrogen-bond acceptors (Lipinski definition) is 4. The topological polar surface area (TPSA) is 51.4 Å². The zero-order valence-electron chi connectivity index (χ0n) is 13.2. The average molecular weight is 360 g/mol. The van der Waals surface area contributed by atoms with Crippen molar-refractivity contribution < 1.29 is 9.13 Å². The molecule has 23 heavy (non-hydrogen) atoms. The predicted octanol–water partition coefficient (Wildman–Crippen LogP) is 4.56. The molecule has 2 rings (SSSR count). The van der Waals surface area contributed by atoms with Crippen LogP contribution in [0.15, 0.2) is 30.5 Å². The first-order valence-electron chi connectivity index (χ1n) is 6.98. The predicted molar refractivity (Wildman–Crippen MR) is 94.5 cm³/mol. The highest BCUT2D eigenvalue weighted by Gasteiger charge is 2.18. The van der Waals surface area contributed by atoms with E-state index in [1.807, 2.05) is 25.9 Å². The third-order valence-electron chi connectivity index (χ3n) is 3.32. The molecule has 2 N–H and O–H groups in total. The minimum Gasteiger partial charge on any atom is -0.451 e. The fourth-order valence-corrected chi connectivity index (χ4v) is 2.15.